The van der Waals surface area contributed by atoms with Crippen LogP contribution in [0.5, 0.6) is 0 Å². The second kappa shape index (κ2) is 7.80. The van der Waals surface area contributed by atoms with E-state index in [0.29, 0.717) is 0 Å². The molecule has 0 saturated carbocycles. The van der Waals surface area contributed by atoms with Gasteiger partial charge in [0.05, 0.1) is 10.2 Å². The summed E-state index contributed by atoms with van der Waals surface area (Å²) < 4.78 is 1.16. The topological polar surface area (TPSA) is 16.1 Å². The van der Waals surface area contributed by atoms with Gasteiger partial charge in [-0.15, -0.1) is 0 Å². The van der Waals surface area contributed by atoms with Crippen LogP contribution in [0.1, 0.15) is 25.3 Å². The normalized spacial score (nSPS) is 11.0. The largest absolute Gasteiger partial charge is 0.348 e. The highest BCUT2D eigenvalue weighted by Gasteiger charge is 2.12. The van der Waals surface area contributed by atoms with Crippen LogP contribution in [0.25, 0.3) is 10.2 Å². The van der Waals surface area contributed by atoms with Gasteiger partial charge in [-0.2, -0.15) is 0 Å². The van der Waals surface area contributed by atoms with E-state index in [4.69, 9.17) is 16.6 Å². The number of anilines is 1. The molecule has 1 heterocycles. The molecule has 3 rings (SSSR count). The average Bonchev–Trinajstić information content (AvgIpc) is 2.98. The first-order valence-electron chi connectivity index (χ1n) is 8.11. The predicted molar refractivity (Wildman–Crippen MR) is 102 cm³/mol. The van der Waals surface area contributed by atoms with Crippen molar-refractivity contribution < 1.29 is 0 Å². The van der Waals surface area contributed by atoms with E-state index in [9.17, 15) is 0 Å². The third-order valence-corrected chi connectivity index (χ3v) is 5.22. The number of hydrogen-bond acceptors (Lipinski definition) is 3. The minimum Gasteiger partial charge on any atom is -0.348 e. The highest BCUT2D eigenvalue weighted by Crippen LogP contribution is 2.31. The molecule has 0 amide bonds. The van der Waals surface area contributed by atoms with E-state index in [0.717, 1.165) is 39.9 Å². The lowest BCUT2D eigenvalue weighted by atomic mass is 10.1. The van der Waals surface area contributed by atoms with Crippen LogP contribution in [0.4, 0.5) is 5.13 Å². The van der Waals surface area contributed by atoms with Crippen molar-refractivity contribution in [1.29, 1.82) is 0 Å². The SMILES string of the molecule is CCCCN(CCc1ccccc1)c1nc2ccc(Cl)cc2s1. The Morgan fingerprint density at radius 1 is 1.09 bits per heavy atom. The molecule has 0 spiro atoms. The summed E-state index contributed by atoms with van der Waals surface area (Å²) in [7, 11) is 0. The Kier molecular flexibility index (Phi) is 5.52. The average molecular weight is 345 g/mol. The fourth-order valence-corrected chi connectivity index (χ4v) is 3.88. The standard InChI is InChI=1S/C19H21ClN2S/c1-2-3-12-22(13-11-15-7-5-4-6-8-15)19-21-17-10-9-16(20)14-18(17)23-19/h4-10,14H,2-3,11-13H2,1H3. The molecular formula is C19H21ClN2S. The van der Waals surface area contributed by atoms with E-state index in [1.54, 1.807) is 11.3 Å². The Morgan fingerprint density at radius 2 is 1.91 bits per heavy atom. The fourth-order valence-electron chi connectivity index (χ4n) is 2.58. The van der Waals surface area contributed by atoms with Crippen LogP contribution in [-0.4, -0.2) is 18.1 Å². The number of unbranched alkanes of at least 4 members (excludes halogenated alkanes) is 1. The van der Waals surface area contributed by atoms with Crippen LogP contribution < -0.4 is 4.90 Å². The summed E-state index contributed by atoms with van der Waals surface area (Å²) in [6, 6.07) is 16.6. The van der Waals surface area contributed by atoms with Crippen molar-refractivity contribution >= 4 is 38.3 Å². The van der Waals surface area contributed by atoms with Gasteiger partial charge < -0.3 is 4.90 Å². The molecule has 0 aliphatic carbocycles. The van der Waals surface area contributed by atoms with Crippen molar-refractivity contribution in [2.75, 3.05) is 18.0 Å². The molecule has 0 unspecified atom stereocenters. The maximum Gasteiger partial charge on any atom is 0.186 e. The van der Waals surface area contributed by atoms with Gasteiger partial charge in [0.2, 0.25) is 0 Å². The Morgan fingerprint density at radius 3 is 2.70 bits per heavy atom. The summed E-state index contributed by atoms with van der Waals surface area (Å²) in [5.74, 6) is 0. The van der Waals surface area contributed by atoms with Gasteiger partial charge in [-0.05, 0) is 36.6 Å². The molecule has 2 aromatic carbocycles. The lowest BCUT2D eigenvalue weighted by Crippen LogP contribution is -2.26. The van der Waals surface area contributed by atoms with E-state index in [-0.39, 0.29) is 0 Å². The van der Waals surface area contributed by atoms with Gasteiger partial charge in [0, 0.05) is 18.1 Å². The number of thiazole rings is 1. The quantitative estimate of drug-likeness (QED) is 0.538. The molecule has 0 atom stereocenters. The molecule has 0 aliphatic heterocycles. The summed E-state index contributed by atoms with van der Waals surface area (Å²) >= 11 is 7.83. The molecular weight excluding hydrogens is 324 g/mol. The Bertz CT molecular complexity index is 754. The summed E-state index contributed by atoms with van der Waals surface area (Å²) in [5.41, 5.74) is 2.41. The number of hydrogen-bond donors (Lipinski definition) is 0. The van der Waals surface area contributed by atoms with Crippen molar-refractivity contribution in [2.24, 2.45) is 0 Å². The van der Waals surface area contributed by atoms with Gasteiger partial charge in [-0.3, -0.25) is 0 Å². The first kappa shape index (κ1) is 16.3. The second-order valence-corrected chi connectivity index (χ2v) is 7.13. The van der Waals surface area contributed by atoms with Crippen molar-refractivity contribution in [1.82, 2.24) is 4.98 Å². The third-order valence-electron chi connectivity index (χ3n) is 3.90. The molecule has 2 nitrogen and oxygen atoms in total. The number of rotatable bonds is 7. The molecule has 0 radical (unpaired) electrons. The molecule has 120 valence electrons. The lowest BCUT2D eigenvalue weighted by molar-refractivity contribution is 0.710. The first-order valence-corrected chi connectivity index (χ1v) is 9.30. The van der Waals surface area contributed by atoms with Gasteiger partial charge in [-0.25, -0.2) is 4.98 Å². The fraction of sp³-hybridized carbons (Fsp3) is 0.316. The highest BCUT2D eigenvalue weighted by atomic mass is 35.5. The monoisotopic (exact) mass is 344 g/mol. The van der Waals surface area contributed by atoms with Crippen LogP contribution >= 0.6 is 22.9 Å². The first-order chi connectivity index (χ1) is 11.3. The van der Waals surface area contributed by atoms with Gasteiger partial charge in [0.15, 0.2) is 5.13 Å². The predicted octanol–water partition coefficient (Wildman–Crippen LogP) is 5.80. The molecule has 0 bridgehead atoms. The lowest BCUT2D eigenvalue weighted by Gasteiger charge is -2.21. The number of halogens is 1. The Labute approximate surface area is 146 Å². The zero-order valence-electron chi connectivity index (χ0n) is 13.3. The minimum absolute atomic E-state index is 0.775. The van der Waals surface area contributed by atoms with Crippen molar-refractivity contribution in [2.45, 2.75) is 26.2 Å². The van der Waals surface area contributed by atoms with Crippen molar-refractivity contribution in [3.8, 4) is 0 Å². The maximum atomic E-state index is 6.10. The zero-order chi connectivity index (χ0) is 16.1. The van der Waals surface area contributed by atoms with Crippen molar-refractivity contribution in [3.63, 3.8) is 0 Å². The van der Waals surface area contributed by atoms with Crippen molar-refractivity contribution in [3.05, 3.63) is 59.1 Å². The van der Waals surface area contributed by atoms with Crippen LogP contribution in [0.2, 0.25) is 5.02 Å². The van der Waals surface area contributed by atoms with Crippen LogP contribution in [0, 0.1) is 0 Å². The number of benzene rings is 2. The maximum absolute atomic E-state index is 6.10. The van der Waals surface area contributed by atoms with E-state index >= 15 is 0 Å². The Hall–Kier alpha value is -1.58. The molecule has 23 heavy (non-hydrogen) atoms. The van der Waals surface area contributed by atoms with Crippen LogP contribution in [0.15, 0.2) is 48.5 Å². The Balaban J connectivity index is 1.78. The number of aromatic nitrogens is 1. The summed E-state index contributed by atoms with van der Waals surface area (Å²) in [6.45, 7) is 4.28. The van der Waals surface area contributed by atoms with Crippen LogP contribution in [0.3, 0.4) is 0 Å². The second-order valence-electron chi connectivity index (χ2n) is 5.68. The molecule has 3 aromatic rings. The van der Waals surface area contributed by atoms with E-state index in [1.165, 1.54) is 18.4 Å². The summed E-state index contributed by atoms with van der Waals surface area (Å²) in [4.78, 5) is 7.22. The zero-order valence-corrected chi connectivity index (χ0v) is 14.9. The van der Waals surface area contributed by atoms with E-state index in [1.807, 2.05) is 18.2 Å². The van der Waals surface area contributed by atoms with Gasteiger partial charge >= 0.3 is 0 Å². The van der Waals surface area contributed by atoms with Gasteiger partial charge in [0.1, 0.15) is 0 Å². The summed E-state index contributed by atoms with van der Waals surface area (Å²) in [6.07, 6.45) is 3.42. The van der Waals surface area contributed by atoms with E-state index < -0.39 is 0 Å². The summed E-state index contributed by atoms with van der Waals surface area (Å²) in [5, 5.41) is 1.88. The molecule has 0 aliphatic rings. The number of nitrogens with zero attached hydrogens (tertiary/aromatic N) is 2. The van der Waals surface area contributed by atoms with E-state index in [2.05, 4.69) is 42.2 Å². The third kappa shape index (κ3) is 4.24. The smallest absolute Gasteiger partial charge is 0.186 e. The highest BCUT2D eigenvalue weighted by molar-refractivity contribution is 7.22. The molecule has 4 heteroatoms. The molecule has 0 saturated heterocycles. The number of fused-ring (bicyclic) bond motifs is 1. The molecule has 0 fully saturated rings. The van der Waals surface area contributed by atoms with Crippen LogP contribution in [-0.2, 0) is 6.42 Å². The van der Waals surface area contributed by atoms with Gasteiger partial charge in [0.25, 0.3) is 0 Å². The minimum atomic E-state index is 0.775. The van der Waals surface area contributed by atoms with Gasteiger partial charge in [-0.1, -0.05) is 66.6 Å². The molecule has 0 N–H and O–H groups in total. The molecule has 1 aromatic heterocycles.